The van der Waals surface area contributed by atoms with Crippen molar-refractivity contribution >= 4 is 34.0 Å². The fraction of sp³-hybridized carbons (Fsp3) is 0.562. The summed E-state index contributed by atoms with van der Waals surface area (Å²) < 4.78 is 25.3. The van der Waals surface area contributed by atoms with Crippen molar-refractivity contribution in [2.45, 2.75) is 13.3 Å². The van der Waals surface area contributed by atoms with Crippen LogP contribution >= 0.6 is 12.4 Å². The number of sulfonamides is 1. The Labute approximate surface area is 156 Å². The molecule has 1 aliphatic rings. The first-order chi connectivity index (χ1) is 11.3. The van der Waals surface area contributed by atoms with E-state index in [-0.39, 0.29) is 18.3 Å². The van der Waals surface area contributed by atoms with Crippen molar-refractivity contribution in [1.82, 2.24) is 15.5 Å². The van der Waals surface area contributed by atoms with Gasteiger partial charge in [0.05, 0.1) is 17.5 Å². The summed E-state index contributed by atoms with van der Waals surface area (Å²) in [7, 11) is -3.43. The van der Waals surface area contributed by atoms with Crippen LogP contribution in [0.3, 0.4) is 0 Å². The minimum absolute atomic E-state index is 0. The van der Waals surface area contributed by atoms with Gasteiger partial charge in [0, 0.05) is 32.7 Å². The highest BCUT2D eigenvalue weighted by Crippen LogP contribution is 2.18. The molecule has 9 heteroatoms. The van der Waals surface area contributed by atoms with Crippen LogP contribution in [0.15, 0.2) is 18.2 Å². The van der Waals surface area contributed by atoms with Gasteiger partial charge in [-0.05, 0) is 32.0 Å². The molecule has 0 atom stereocenters. The van der Waals surface area contributed by atoms with E-state index in [0.29, 0.717) is 17.8 Å². The van der Waals surface area contributed by atoms with Crippen LogP contribution in [0.2, 0.25) is 0 Å². The van der Waals surface area contributed by atoms with Crippen LogP contribution in [-0.2, 0) is 10.0 Å². The number of hydrogen-bond donors (Lipinski definition) is 3. The molecule has 0 radical (unpaired) electrons. The highest BCUT2D eigenvalue weighted by atomic mass is 35.5. The van der Waals surface area contributed by atoms with Gasteiger partial charge in [0.25, 0.3) is 5.91 Å². The van der Waals surface area contributed by atoms with Gasteiger partial charge in [0.1, 0.15) is 0 Å². The van der Waals surface area contributed by atoms with Crippen LogP contribution in [0, 0.1) is 6.92 Å². The van der Waals surface area contributed by atoms with E-state index < -0.39 is 10.0 Å². The summed E-state index contributed by atoms with van der Waals surface area (Å²) in [6.07, 6.45) is 1.94. The maximum Gasteiger partial charge on any atom is 0.253 e. The van der Waals surface area contributed by atoms with Crippen molar-refractivity contribution in [3.05, 3.63) is 29.3 Å². The third-order valence-electron chi connectivity index (χ3n) is 3.86. The van der Waals surface area contributed by atoms with Crippen molar-refractivity contribution in [3.8, 4) is 0 Å². The van der Waals surface area contributed by atoms with Gasteiger partial charge in [0.2, 0.25) is 10.0 Å². The Morgan fingerprint density at radius 3 is 2.60 bits per heavy atom. The zero-order valence-electron chi connectivity index (χ0n) is 14.7. The van der Waals surface area contributed by atoms with Crippen molar-refractivity contribution < 1.29 is 13.2 Å². The van der Waals surface area contributed by atoms with Crippen LogP contribution in [0.1, 0.15) is 22.3 Å². The first-order valence-electron chi connectivity index (χ1n) is 8.15. The van der Waals surface area contributed by atoms with E-state index in [0.717, 1.165) is 51.0 Å². The van der Waals surface area contributed by atoms with Crippen molar-refractivity contribution in [1.29, 1.82) is 0 Å². The molecule has 0 spiro atoms. The molecule has 0 saturated carbocycles. The van der Waals surface area contributed by atoms with Gasteiger partial charge in [-0.25, -0.2) is 8.42 Å². The number of halogens is 1. The van der Waals surface area contributed by atoms with Crippen molar-refractivity contribution in [3.63, 3.8) is 0 Å². The van der Waals surface area contributed by atoms with Gasteiger partial charge < -0.3 is 15.5 Å². The number of benzene rings is 1. The highest BCUT2D eigenvalue weighted by molar-refractivity contribution is 7.92. The third-order valence-corrected chi connectivity index (χ3v) is 4.45. The molecule has 2 rings (SSSR count). The Balaban J connectivity index is 0.00000312. The molecule has 1 heterocycles. The SMILES string of the molecule is Cc1ccc(NS(C)(=O)=O)c(C(=O)NCCCN2CCNCC2)c1.Cl. The highest BCUT2D eigenvalue weighted by Gasteiger charge is 2.14. The molecule has 0 bridgehead atoms. The van der Waals surface area contributed by atoms with Crippen LogP contribution in [0.4, 0.5) is 5.69 Å². The minimum Gasteiger partial charge on any atom is -0.352 e. The summed E-state index contributed by atoms with van der Waals surface area (Å²) in [4.78, 5) is 14.8. The van der Waals surface area contributed by atoms with Gasteiger partial charge >= 0.3 is 0 Å². The molecule has 1 saturated heterocycles. The second kappa shape index (κ2) is 9.96. The molecule has 0 unspecified atom stereocenters. The lowest BCUT2D eigenvalue weighted by Gasteiger charge is -2.27. The molecule has 7 nitrogen and oxygen atoms in total. The number of nitrogens with one attached hydrogen (secondary N) is 3. The number of nitrogens with zero attached hydrogens (tertiary/aromatic N) is 1. The molecular weight excluding hydrogens is 364 g/mol. The van der Waals surface area contributed by atoms with E-state index in [1.165, 1.54) is 0 Å². The maximum absolute atomic E-state index is 12.4. The topological polar surface area (TPSA) is 90.5 Å². The second-order valence-corrected chi connectivity index (χ2v) is 7.87. The Kier molecular flexibility index (Phi) is 8.64. The predicted octanol–water partition coefficient (Wildman–Crippen LogP) is 0.813. The standard InChI is InChI=1S/C16H26N4O3S.ClH/c1-13-4-5-15(19-24(2,22)23)14(12-13)16(21)18-6-3-9-20-10-7-17-8-11-20;/h4-5,12,17,19H,3,6-11H2,1-2H3,(H,18,21);1H. The Hall–Kier alpha value is -1.35. The van der Waals surface area contributed by atoms with E-state index in [1.54, 1.807) is 18.2 Å². The maximum atomic E-state index is 12.4. The number of rotatable bonds is 7. The predicted molar refractivity (Wildman–Crippen MR) is 103 cm³/mol. The van der Waals surface area contributed by atoms with Gasteiger partial charge in [-0.2, -0.15) is 0 Å². The van der Waals surface area contributed by atoms with E-state index in [4.69, 9.17) is 0 Å². The number of carbonyl (C=O) groups is 1. The number of hydrogen-bond acceptors (Lipinski definition) is 5. The average Bonchev–Trinajstić information content (AvgIpc) is 2.53. The minimum atomic E-state index is -3.43. The lowest BCUT2D eigenvalue weighted by atomic mass is 10.1. The smallest absolute Gasteiger partial charge is 0.253 e. The third kappa shape index (κ3) is 7.60. The quantitative estimate of drug-likeness (QED) is 0.599. The largest absolute Gasteiger partial charge is 0.352 e. The first-order valence-corrected chi connectivity index (χ1v) is 10.0. The van der Waals surface area contributed by atoms with Crippen LogP contribution < -0.4 is 15.4 Å². The van der Waals surface area contributed by atoms with E-state index in [9.17, 15) is 13.2 Å². The zero-order valence-corrected chi connectivity index (χ0v) is 16.3. The summed E-state index contributed by atoms with van der Waals surface area (Å²) in [5.74, 6) is -0.259. The number of amides is 1. The molecule has 0 aliphatic carbocycles. The summed E-state index contributed by atoms with van der Waals surface area (Å²) >= 11 is 0. The van der Waals surface area contributed by atoms with Gasteiger partial charge in [-0.3, -0.25) is 9.52 Å². The number of carbonyl (C=O) groups excluding carboxylic acids is 1. The summed E-state index contributed by atoms with van der Waals surface area (Å²) in [6, 6.07) is 5.08. The first kappa shape index (κ1) is 21.7. The zero-order chi connectivity index (χ0) is 17.6. The second-order valence-electron chi connectivity index (χ2n) is 6.12. The van der Waals surface area contributed by atoms with Crippen molar-refractivity contribution in [2.24, 2.45) is 0 Å². The Bertz CT molecular complexity index is 676. The van der Waals surface area contributed by atoms with E-state index >= 15 is 0 Å². The van der Waals surface area contributed by atoms with Crippen LogP contribution in [0.5, 0.6) is 0 Å². The van der Waals surface area contributed by atoms with Gasteiger partial charge in [-0.1, -0.05) is 11.6 Å². The number of piperazine rings is 1. The molecule has 142 valence electrons. The molecule has 0 aromatic heterocycles. The molecule has 25 heavy (non-hydrogen) atoms. The lowest BCUT2D eigenvalue weighted by Crippen LogP contribution is -2.44. The summed E-state index contributed by atoms with van der Waals surface area (Å²) in [5, 5.41) is 6.18. The summed E-state index contributed by atoms with van der Waals surface area (Å²) in [6.45, 7) is 7.47. The van der Waals surface area contributed by atoms with Crippen LogP contribution in [0.25, 0.3) is 0 Å². The van der Waals surface area contributed by atoms with Gasteiger partial charge in [-0.15, -0.1) is 12.4 Å². The fourth-order valence-corrected chi connectivity index (χ4v) is 3.25. The summed E-state index contributed by atoms with van der Waals surface area (Å²) in [5.41, 5.74) is 1.56. The van der Waals surface area contributed by atoms with Crippen molar-refractivity contribution in [2.75, 3.05) is 50.2 Å². The van der Waals surface area contributed by atoms with E-state index in [1.807, 2.05) is 6.92 Å². The Morgan fingerprint density at radius 1 is 1.28 bits per heavy atom. The lowest BCUT2D eigenvalue weighted by molar-refractivity contribution is 0.0952. The number of aryl methyl sites for hydroxylation is 1. The Morgan fingerprint density at radius 2 is 1.96 bits per heavy atom. The average molecular weight is 391 g/mol. The molecule has 3 N–H and O–H groups in total. The van der Waals surface area contributed by atoms with Crippen LogP contribution in [-0.4, -0.2) is 64.7 Å². The molecule has 1 amide bonds. The molecule has 1 aromatic carbocycles. The number of anilines is 1. The fourth-order valence-electron chi connectivity index (χ4n) is 2.67. The normalized spacial score (nSPS) is 15.3. The monoisotopic (exact) mass is 390 g/mol. The molecular formula is C16H27ClN4O3S. The van der Waals surface area contributed by atoms with E-state index in [2.05, 4.69) is 20.3 Å². The van der Waals surface area contributed by atoms with Gasteiger partial charge in [0.15, 0.2) is 0 Å². The molecule has 1 fully saturated rings. The molecule has 1 aromatic rings. The molecule has 1 aliphatic heterocycles.